The summed E-state index contributed by atoms with van der Waals surface area (Å²) in [5, 5.41) is 6.32. The maximum absolute atomic E-state index is 12.9. The average Bonchev–Trinajstić information content (AvgIpc) is 3.52. The molecule has 4 rings (SSSR count). The fourth-order valence-corrected chi connectivity index (χ4v) is 3.05. The lowest BCUT2D eigenvalue weighted by Crippen LogP contribution is -2.18. The van der Waals surface area contributed by atoms with E-state index in [2.05, 4.69) is 10.6 Å². The van der Waals surface area contributed by atoms with E-state index in [0.29, 0.717) is 22.7 Å². The molecule has 1 aromatic heterocycles. The van der Waals surface area contributed by atoms with Gasteiger partial charge in [-0.1, -0.05) is 24.3 Å². The molecule has 1 aliphatic carbocycles. The number of carbonyl (C=O) groups is 2. The molecule has 5 heteroatoms. The quantitative estimate of drug-likeness (QED) is 0.757. The lowest BCUT2D eigenvalue weighted by atomic mass is 10.0. The number of anilines is 1. The SMILES string of the molecule is CNC(=O)c1cccc(NC(=O)c2cc(C3CC3)nc3ccccc23)c1. The Bertz CT molecular complexity index is 1010. The van der Waals surface area contributed by atoms with Gasteiger partial charge in [-0.2, -0.15) is 0 Å². The molecule has 0 bridgehead atoms. The summed E-state index contributed by atoms with van der Waals surface area (Å²) in [4.78, 5) is 29.4. The van der Waals surface area contributed by atoms with Gasteiger partial charge < -0.3 is 10.6 Å². The number of para-hydroxylation sites is 1. The number of rotatable bonds is 4. The Morgan fingerprint density at radius 3 is 2.58 bits per heavy atom. The Balaban J connectivity index is 1.69. The van der Waals surface area contributed by atoms with Gasteiger partial charge >= 0.3 is 0 Å². The van der Waals surface area contributed by atoms with Crippen molar-refractivity contribution in [1.82, 2.24) is 10.3 Å². The summed E-state index contributed by atoms with van der Waals surface area (Å²) >= 11 is 0. The molecule has 0 saturated heterocycles. The van der Waals surface area contributed by atoms with Crippen molar-refractivity contribution < 1.29 is 9.59 Å². The molecule has 0 aliphatic heterocycles. The van der Waals surface area contributed by atoms with Crippen molar-refractivity contribution in [3.63, 3.8) is 0 Å². The second kappa shape index (κ2) is 6.59. The maximum Gasteiger partial charge on any atom is 0.256 e. The van der Waals surface area contributed by atoms with Crippen LogP contribution in [0.5, 0.6) is 0 Å². The summed E-state index contributed by atoms with van der Waals surface area (Å²) in [5.41, 5.74) is 3.52. The molecular weight excluding hydrogens is 326 g/mol. The third-order valence-corrected chi connectivity index (χ3v) is 4.59. The summed E-state index contributed by atoms with van der Waals surface area (Å²) in [7, 11) is 1.58. The molecule has 2 aromatic carbocycles. The van der Waals surface area contributed by atoms with E-state index < -0.39 is 0 Å². The van der Waals surface area contributed by atoms with Gasteiger partial charge in [0.2, 0.25) is 0 Å². The number of amides is 2. The van der Waals surface area contributed by atoms with Crippen molar-refractivity contribution >= 4 is 28.4 Å². The fourth-order valence-electron chi connectivity index (χ4n) is 3.05. The van der Waals surface area contributed by atoms with Crippen LogP contribution in [0, 0.1) is 0 Å². The van der Waals surface area contributed by atoms with E-state index in [1.165, 1.54) is 0 Å². The van der Waals surface area contributed by atoms with E-state index in [0.717, 1.165) is 29.4 Å². The van der Waals surface area contributed by atoms with Crippen LogP contribution in [0.3, 0.4) is 0 Å². The van der Waals surface area contributed by atoms with Crippen molar-refractivity contribution in [3.05, 3.63) is 71.4 Å². The highest BCUT2D eigenvalue weighted by molar-refractivity contribution is 6.12. The molecule has 5 nitrogen and oxygen atoms in total. The zero-order valence-electron chi connectivity index (χ0n) is 14.5. The molecule has 1 saturated carbocycles. The number of hydrogen-bond acceptors (Lipinski definition) is 3. The van der Waals surface area contributed by atoms with Gasteiger partial charge in [0.15, 0.2) is 0 Å². The first kappa shape index (κ1) is 16.3. The molecule has 2 amide bonds. The van der Waals surface area contributed by atoms with Gasteiger partial charge in [-0.15, -0.1) is 0 Å². The van der Waals surface area contributed by atoms with E-state index >= 15 is 0 Å². The Morgan fingerprint density at radius 1 is 1.00 bits per heavy atom. The topological polar surface area (TPSA) is 71.1 Å². The van der Waals surface area contributed by atoms with Crippen LogP contribution in [0.1, 0.15) is 45.2 Å². The zero-order chi connectivity index (χ0) is 18.1. The Kier molecular flexibility index (Phi) is 4.13. The molecule has 130 valence electrons. The Labute approximate surface area is 151 Å². The lowest BCUT2D eigenvalue weighted by Gasteiger charge is -2.11. The highest BCUT2D eigenvalue weighted by Gasteiger charge is 2.27. The van der Waals surface area contributed by atoms with Crippen LogP contribution in [0.2, 0.25) is 0 Å². The van der Waals surface area contributed by atoms with E-state index in [-0.39, 0.29) is 11.8 Å². The first-order valence-corrected chi connectivity index (χ1v) is 8.69. The van der Waals surface area contributed by atoms with Crippen LogP contribution in [-0.2, 0) is 0 Å². The summed E-state index contributed by atoms with van der Waals surface area (Å²) in [5.74, 6) is 0.0776. The number of nitrogens with one attached hydrogen (secondary N) is 2. The predicted octanol–water partition coefficient (Wildman–Crippen LogP) is 3.72. The number of hydrogen-bond donors (Lipinski definition) is 2. The Hall–Kier alpha value is -3.21. The molecule has 26 heavy (non-hydrogen) atoms. The molecule has 0 spiro atoms. The van der Waals surface area contributed by atoms with Gasteiger partial charge in [-0.05, 0) is 43.2 Å². The van der Waals surface area contributed by atoms with E-state index in [1.807, 2.05) is 30.3 Å². The maximum atomic E-state index is 12.9. The third-order valence-electron chi connectivity index (χ3n) is 4.59. The smallest absolute Gasteiger partial charge is 0.256 e. The zero-order valence-corrected chi connectivity index (χ0v) is 14.5. The molecular formula is C21H19N3O2. The third kappa shape index (κ3) is 3.16. The Morgan fingerprint density at radius 2 is 1.81 bits per heavy atom. The van der Waals surface area contributed by atoms with Crippen molar-refractivity contribution in [2.24, 2.45) is 0 Å². The largest absolute Gasteiger partial charge is 0.355 e. The monoisotopic (exact) mass is 345 g/mol. The average molecular weight is 345 g/mol. The highest BCUT2D eigenvalue weighted by Crippen LogP contribution is 2.40. The summed E-state index contributed by atoms with van der Waals surface area (Å²) in [6.45, 7) is 0. The van der Waals surface area contributed by atoms with Gasteiger partial charge in [0.05, 0.1) is 11.1 Å². The lowest BCUT2D eigenvalue weighted by molar-refractivity contribution is 0.0961. The van der Waals surface area contributed by atoms with Crippen LogP contribution in [0.4, 0.5) is 5.69 Å². The summed E-state index contributed by atoms with van der Waals surface area (Å²) in [6, 6.07) is 16.5. The minimum absolute atomic E-state index is 0.188. The molecule has 1 fully saturated rings. The van der Waals surface area contributed by atoms with Crippen LogP contribution < -0.4 is 10.6 Å². The second-order valence-corrected chi connectivity index (χ2v) is 6.50. The fraction of sp³-hybridized carbons (Fsp3) is 0.190. The number of pyridine rings is 1. The first-order valence-electron chi connectivity index (χ1n) is 8.69. The molecule has 3 aromatic rings. The number of aromatic nitrogens is 1. The first-order chi connectivity index (χ1) is 12.7. The molecule has 0 unspecified atom stereocenters. The molecule has 0 atom stereocenters. The van der Waals surface area contributed by atoms with E-state index in [1.54, 1.807) is 31.3 Å². The number of carbonyl (C=O) groups excluding carboxylic acids is 2. The molecule has 0 radical (unpaired) electrons. The molecule has 1 aliphatic rings. The normalized spacial score (nSPS) is 13.4. The highest BCUT2D eigenvalue weighted by atomic mass is 16.2. The molecule has 1 heterocycles. The van der Waals surface area contributed by atoms with Gasteiger partial charge in [0, 0.05) is 35.3 Å². The number of benzene rings is 2. The van der Waals surface area contributed by atoms with Crippen molar-refractivity contribution in [1.29, 1.82) is 0 Å². The van der Waals surface area contributed by atoms with Crippen LogP contribution >= 0.6 is 0 Å². The standard InChI is InChI=1S/C21H19N3O2/c1-22-20(25)14-5-4-6-15(11-14)23-21(26)17-12-19(13-9-10-13)24-18-8-3-2-7-16(17)18/h2-8,11-13H,9-10H2,1H3,(H,22,25)(H,23,26). The van der Waals surface area contributed by atoms with Crippen molar-refractivity contribution in [2.45, 2.75) is 18.8 Å². The van der Waals surface area contributed by atoms with Crippen LogP contribution in [0.15, 0.2) is 54.6 Å². The summed E-state index contributed by atoms with van der Waals surface area (Å²) in [6.07, 6.45) is 2.25. The predicted molar refractivity (Wildman–Crippen MR) is 102 cm³/mol. The van der Waals surface area contributed by atoms with Gasteiger partial charge in [0.25, 0.3) is 11.8 Å². The van der Waals surface area contributed by atoms with Gasteiger partial charge in [-0.3, -0.25) is 14.6 Å². The summed E-state index contributed by atoms with van der Waals surface area (Å²) < 4.78 is 0. The van der Waals surface area contributed by atoms with E-state index in [9.17, 15) is 9.59 Å². The van der Waals surface area contributed by atoms with Gasteiger partial charge in [-0.25, -0.2) is 0 Å². The molecule has 2 N–H and O–H groups in total. The minimum atomic E-state index is -0.195. The van der Waals surface area contributed by atoms with E-state index in [4.69, 9.17) is 4.98 Å². The second-order valence-electron chi connectivity index (χ2n) is 6.50. The number of nitrogens with zero attached hydrogens (tertiary/aromatic N) is 1. The van der Waals surface area contributed by atoms with Gasteiger partial charge in [0.1, 0.15) is 0 Å². The minimum Gasteiger partial charge on any atom is -0.355 e. The number of fused-ring (bicyclic) bond motifs is 1. The van der Waals surface area contributed by atoms with Crippen molar-refractivity contribution in [2.75, 3.05) is 12.4 Å². The van der Waals surface area contributed by atoms with Crippen LogP contribution in [-0.4, -0.2) is 23.8 Å². The van der Waals surface area contributed by atoms with Crippen molar-refractivity contribution in [3.8, 4) is 0 Å². The van der Waals surface area contributed by atoms with Crippen LogP contribution in [0.25, 0.3) is 10.9 Å².